The highest BCUT2D eigenvalue weighted by atomic mass is 32.1. The Hall–Kier alpha value is -1.12. The summed E-state index contributed by atoms with van der Waals surface area (Å²) >= 11 is 1.94. The van der Waals surface area contributed by atoms with Crippen LogP contribution in [0.5, 0.6) is 0 Å². The molecule has 2 aliphatic rings. The number of hydrogen-bond acceptors (Lipinski definition) is 2. The van der Waals surface area contributed by atoms with Crippen molar-refractivity contribution in [2.24, 2.45) is 5.73 Å². The van der Waals surface area contributed by atoms with Gasteiger partial charge < -0.3 is 5.73 Å². The molecule has 0 spiro atoms. The normalized spacial score (nSPS) is 22.7. The number of thiophene rings is 1. The Morgan fingerprint density at radius 2 is 1.61 bits per heavy atom. The molecule has 2 N–H and O–H groups in total. The maximum atomic E-state index is 6.47. The fourth-order valence-corrected chi connectivity index (χ4v) is 4.45. The monoisotopic (exact) mass is 255 g/mol. The third-order valence-corrected chi connectivity index (χ3v) is 5.97. The molecule has 0 bridgehead atoms. The van der Waals surface area contributed by atoms with Crippen molar-refractivity contribution in [1.82, 2.24) is 0 Å². The molecule has 0 amide bonds. The van der Waals surface area contributed by atoms with E-state index in [-0.39, 0.29) is 5.54 Å². The Morgan fingerprint density at radius 3 is 2.22 bits per heavy atom. The molecule has 2 fully saturated rings. The first-order valence-corrected chi connectivity index (χ1v) is 7.50. The number of benzene rings is 1. The van der Waals surface area contributed by atoms with E-state index >= 15 is 0 Å². The van der Waals surface area contributed by atoms with Crippen molar-refractivity contribution < 1.29 is 0 Å². The van der Waals surface area contributed by atoms with E-state index in [9.17, 15) is 0 Å². The summed E-state index contributed by atoms with van der Waals surface area (Å²) in [5, 5.41) is 0. The average Bonchev–Trinajstić information content (AvgIpc) is 3.31. The van der Waals surface area contributed by atoms with Crippen molar-refractivity contribution >= 4 is 11.3 Å². The SMILES string of the molecule is NC1(C2(c3ccc(-c4ccccc4)s3)CC2)CC1. The molecule has 1 heterocycles. The van der Waals surface area contributed by atoms with Gasteiger partial charge in [0, 0.05) is 20.7 Å². The quantitative estimate of drug-likeness (QED) is 0.883. The minimum Gasteiger partial charge on any atom is -0.324 e. The molecule has 0 saturated heterocycles. The van der Waals surface area contributed by atoms with Crippen LogP contribution < -0.4 is 5.73 Å². The molecule has 1 aromatic heterocycles. The summed E-state index contributed by atoms with van der Waals surface area (Å²) in [6.07, 6.45) is 5.01. The highest BCUT2D eigenvalue weighted by Crippen LogP contribution is 2.65. The Bertz CT molecular complexity index is 576. The van der Waals surface area contributed by atoms with Gasteiger partial charge in [0.15, 0.2) is 0 Å². The van der Waals surface area contributed by atoms with Crippen LogP contribution in [0.4, 0.5) is 0 Å². The Kier molecular flexibility index (Phi) is 2.07. The van der Waals surface area contributed by atoms with Gasteiger partial charge in [-0.2, -0.15) is 0 Å². The molecule has 0 radical (unpaired) electrons. The molecule has 2 saturated carbocycles. The topological polar surface area (TPSA) is 26.0 Å². The summed E-state index contributed by atoms with van der Waals surface area (Å²) in [7, 11) is 0. The first-order valence-electron chi connectivity index (χ1n) is 6.68. The second kappa shape index (κ2) is 3.46. The number of hydrogen-bond donors (Lipinski definition) is 1. The van der Waals surface area contributed by atoms with Gasteiger partial charge in [0.2, 0.25) is 0 Å². The fourth-order valence-electron chi connectivity index (χ4n) is 3.08. The molecular formula is C16H17NS. The van der Waals surface area contributed by atoms with Gasteiger partial charge in [-0.15, -0.1) is 11.3 Å². The minimum atomic E-state index is 0.131. The lowest BCUT2D eigenvalue weighted by atomic mass is 9.93. The molecule has 0 aliphatic heterocycles. The predicted octanol–water partition coefficient (Wildman–Crippen LogP) is 3.94. The van der Waals surface area contributed by atoms with Crippen molar-refractivity contribution in [2.75, 3.05) is 0 Å². The summed E-state index contributed by atoms with van der Waals surface area (Å²) in [5.74, 6) is 0. The second-order valence-corrected chi connectivity index (χ2v) is 6.85. The Balaban J connectivity index is 1.71. The van der Waals surface area contributed by atoms with Crippen molar-refractivity contribution in [3.63, 3.8) is 0 Å². The van der Waals surface area contributed by atoms with Crippen molar-refractivity contribution in [3.05, 3.63) is 47.3 Å². The van der Waals surface area contributed by atoms with Gasteiger partial charge in [0.05, 0.1) is 0 Å². The van der Waals surface area contributed by atoms with Gasteiger partial charge in [-0.1, -0.05) is 30.3 Å². The largest absolute Gasteiger partial charge is 0.324 e. The van der Waals surface area contributed by atoms with E-state index in [2.05, 4.69) is 42.5 Å². The molecule has 1 aromatic carbocycles. The van der Waals surface area contributed by atoms with E-state index in [4.69, 9.17) is 5.73 Å². The third-order valence-electron chi connectivity index (χ3n) is 4.63. The highest BCUT2D eigenvalue weighted by Gasteiger charge is 2.64. The van der Waals surface area contributed by atoms with Crippen LogP contribution in [0.25, 0.3) is 10.4 Å². The van der Waals surface area contributed by atoms with Crippen LogP contribution in [0.15, 0.2) is 42.5 Å². The maximum Gasteiger partial charge on any atom is 0.0345 e. The standard InChI is InChI=1S/C16H17NS/c17-16(10-11-16)15(8-9-15)14-7-6-13(18-14)12-4-2-1-3-5-12/h1-7H,8-11,17H2. The lowest BCUT2D eigenvalue weighted by Gasteiger charge is -2.21. The zero-order valence-electron chi connectivity index (χ0n) is 10.4. The minimum absolute atomic E-state index is 0.131. The zero-order valence-corrected chi connectivity index (χ0v) is 11.2. The van der Waals surface area contributed by atoms with Crippen LogP contribution in [-0.4, -0.2) is 5.54 Å². The smallest absolute Gasteiger partial charge is 0.0345 e. The summed E-state index contributed by atoms with van der Waals surface area (Å²) in [6, 6.07) is 15.2. The van der Waals surface area contributed by atoms with Gasteiger partial charge >= 0.3 is 0 Å². The molecule has 2 aromatic rings. The van der Waals surface area contributed by atoms with Crippen molar-refractivity contribution in [1.29, 1.82) is 0 Å². The van der Waals surface area contributed by atoms with Crippen molar-refractivity contribution in [2.45, 2.75) is 36.6 Å². The number of rotatable bonds is 3. The van der Waals surface area contributed by atoms with Gasteiger partial charge in [0.25, 0.3) is 0 Å². The summed E-state index contributed by atoms with van der Waals surface area (Å²) in [5.41, 5.74) is 8.27. The van der Waals surface area contributed by atoms with E-state index in [1.807, 2.05) is 11.3 Å². The molecule has 4 rings (SSSR count). The molecule has 2 heteroatoms. The van der Waals surface area contributed by atoms with Gasteiger partial charge in [-0.05, 0) is 43.4 Å². The second-order valence-electron chi connectivity index (χ2n) is 5.77. The van der Waals surface area contributed by atoms with Crippen LogP contribution >= 0.6 is 11.3 Å². The predicted molar refractivity (Wildman–Crippen MR) is 76.8 cm³/mol. The zero-order chi connectivity index (χ0) is 12.2. The molecule has 0 unspecified atom stereocenters. The summed E-state index contributed by atoms with van der Waals surface area (Å²) in [6.45, 7) is 0. The molecule has 2 aliphatic carbocycles. The first-order chi connectivity index (χ1) is 8.74. The molecule has 18 heavy (non-hydrogen) atoms. The molecular weight excluding hydrogens is 238 g/mol. The molecule has 92 valence electrons. The average molecular weight is 255 g/mol. The van der Waals surface area contributed by atoms with Crippen molar-refractivity contribution in [3.8, 4) is 10.4 Å². The van der Waals surface area contributed by atoms with Gasteiger partial charge in [-0.3, -0.25) is 0 Å². The van der Waals surface area contributed by atoms with E-state index < -0.39 is 0 Å². The van der Waals surface area contributed by atoms with E-state index in [0.717, 1.165) is 0 Å². The molecule has 1 nitrogen and oxygen atoms in total. The van der Waals surface area contributed by atoms with E-state index in [1.54, 1.807) is 0 Å². The van der Waals surface area contributed by atoms with Crippen LogP contribution in [0.1, 0.15) is 30.6 Å². The van der Waals surface area contributed by atoms with E-state index in [0.29, 0.717) is 5.41 Å². The van der Waals surface area contributed by atoms with Crippen LogP contribution in [0, 0.1) is 0 Å². The van der Waals surface area contributed by atoms with Crippen LogP contribution in [-0.2, 0) is 5.41 Å². The summed E-state index contributed by atoms with van der Waals surface area (Å²) in [4.78, 5) is 2.89. The highest BCUT2D eigenvalue weighted by molar-refractivity contribution is 7.15. The Labute approximate surface area is 112 Å². The lowest BCUT2D eigenvalue weighted by molar-refractivity contribution is 0.511. The van der Waals surface area contributed by atoms with Gasteiger partial charge in [-0.25, -0.2) is 0 Å². The lowest BCUT2D eigenvalue weighted by Crippen LogP contribution is -2.36. The summed E-state index contributed by atoms with van der Waals surface area (Å²) < 4.78 is 0. The Morgan fingerprint density at radius 1 is 0.889 bits per heavy atom. The van der Waals surface area contributed by atoms with Crippen LogP contribution in [0.2, 0.25) is 0 Å². The third kappa shape index (κ3) is 1.42. The van der Waals surface area contributed by atoms with E-state index in [1.165, 1.54) is 41.0 Å². The fraction of sp³-hybridized carbons (Fsp3) is 0.375. The van der Waals surface area contributed by atoms with Crippen LogP contribution in [0.3, 0.4) is 0 Å². The first kappa shape index (κ1) is 10.8. The van der Waals surface area contributed by atoms with Gasteiger partial charge in [0.1, 0.15) is 0 Å². The number of nitrogens with two attached hydrogens (primary N) is 1. The maximum absolute atomic E-state index is 6.47. The molecule has 0 atom stereocenters.